The van der Waals surface area contributed by atoms with Gasteiger partial charge in [0.2, 0.25) is 0 Å². The Balaban J connectivity index is 1.99. The van der Waals surface area contributed by atoms with Crippen LogP contribution in [0.15, 0.2) is 11.3 Å². The molecule has 1 fully saturated rings. The predicted octanol–water partition coefficient (Wildman–Crippen LogP) is -2.42. The fraction of sp³-hybridized carbons (Fsp3) is 0.600. The van der Waals surface area contributed by atoms with Crippen molar-refractivity contribution < 1.29 is 25.2 Å². The monoisotopic (exact) mass is 319 g/mol. The highest BCUT2D eigenvalue weighted by molar-refractivity contribution is 6.24. The molecule has 5 atom stereocenters. The third kappa shape index (κ3) is 2.16. The molecule has 11 heteroatoms. The van der Waals surface area contributed by atoms with Crippen LogP contribution in [0.3, 0.4) is 0 Å². The average molecular weight is 320 g/mol. The Morgan fingerprint density at radius 1 is 1.48 bits per heavy atom. The van der Waals surface area contributed by atoms with Gasteiger partial charge >= 0.3 is 0 Å². The van der Waals surface area contributed by atoms with Crippen molar-refractivity contribution in [3.63, 3.8) is 0 Å². The maximum atomic E-state index is 10.0. The fourth-order valence-corrected chi connectivity index (χ4v) is 2.61. The van der Waals surface area contributed by atoms with Gasteiger partial charge in [0.05, 0.1) is 12.9 Å². The lowest BCUT2D eigenvalue weighted by atomic mass is 10.1. The topological polar surface area (TPSA) is 158 Å². The van der Waals surface area contributed by atoms with Gasteiger partial charge in [-0.2, -0.15) is 4.99 Å². The molecule has 0 aliphatic carbocycles. The summed E-state index contributed by atoms with van der Waals surface area (Å²) in [5, 5.41) is 39.4. The summed E-state index contributed by atoms with van der Waals surface area (Å²) in [5.41, 5.74) is 5.51. The third-order valence-electron chi connectivity index (χ3n) is 3.40. The summed E-state index contributed by atoms with van der Waals surface area (Å²) in [6.45, 7) is -0.456. The van der Waals surface area contributed by atoms with Crippen molar-refractivity contribution in [1.82, 2.24) is 9.55 Å². The number of ether oxygens (including phenoxy) is 1. The predicted molar refractivity (Wildman–Crippen MR) is 70.2 cm³/mol. The van der Waals surface area contributed by atoms with Crippen molar-refractivity contribution in [2.75, 3.05) is 11.9 Å². The highest BCUT2D eigenvalue weighted by Gasteiger charge is 2.46. The van der Waals surface area contributed by atoms with E-state index in [4.69, 9.17) is 27.2 Å². The number of fused-ring (bicyclic) bond motifs is 1. The summed E-state index contributed by atoms with van der Waals surface area (Å²) in [5.74, 6) is 0.0309. The van der Waals surface area contributed by atoms with E-state index in [2.05, 4.69) is 15.3 Å². The molecule has 0 unspecified atom stereocenters. The molecule has 2 aliphatic rings. The van der Waals surface area contributed by atoms with Crippen LogP contribution >= 0.6 is 11.6 Å². The number of aliphatic hydroxyl groups is 4. The number of hydrogen-bond donors (Lipinski definition) is 6. The highest BCUT2D eigenvalue weighted by atomic mass is 35.5. The molecule has 116 valence electrons. The zero-order valence-corrected chi connectivity index (χ0v) is 11.3. The second kappa shape index (κ2) is 4.80. The van der Waals surface area contributed by atoms with Crippen molar-refractivity contribution in [3.05, 3.63) is 12.0 Å². The molecule has 0 spiro atoms. The molecule has 7 N–H and O–H groups in total. The van der Waals surface area contributed by atoms with Gasteiger partial charge in [0.1, 0.15) is 24.1 Å². The molecular formula is C10H14ClN5O5. The fourth-order valence-electron chi connectivity index (χ4n) is 2.38. The van der Waals surface area contributed by atoms with Gasteiger partial charge in [0, 0.05) is 0 Å². The van der Waals surface area contributed by atoms with Gasteiger partial charge in [-0.25, -0.2) is 4.98 Å². The van der Waals surface area contributed by atoms with Crippen LogP contribution in [0.5, 0.6) is 0 Å². The largest absolute Gasteiger partial charge is 0.394 e. The van der Waals surface area contributed by atoms with Crippen molar-refractivity contribution in [1.29, 1.82) is 0 Å². The number of aromatic nitrogens is 2. The summed E-state index contributed by atoms with van der Waals surface area (Å²) in [4.78, 5) is 7.52. The summed E-state index contributed by atoms with van der Waals surface area (Å²) < 4.78 is 6.69. The lowest BCUT2D eigenvalue weighted by Crippen LogP contribution is -2.36. The number of nitrogens with one attached hydrogen (secondary N) is 1. The molecule has 3 heterocycles. The van der Waals surface area contributed by atoms with E-state index in [0.29, 0.717) is 0 Å². The van der Waals surface area contributed by atoms with E-state index < -0.39 is 36.3 Å². The third-order valence-corrected chi connectivity index (χ3v) is 3.66. The maximum Gasteiger partial charge on any atom is 0.285 e. The Morgan fingerprint density at radius 3 is 2.81 bits per heavy atom. The van der Waals surface area contributed by atoms with Crippen molar-refractivity contribution in [3.8, 4) is 0 Å². The Labute approximate surface area is 123 Å². The lowest BCUT2D eigenvalue weighted by molar-refractivity contribution is -0.0519. The van der Waals surface area contributed by atoms with E-state index in [1.165, 1.54) is 10.9 Å². The molecule has 10 nitrogen and oxygen atoms in total. The first-order valence-electron chi connectivity index (χ1n) is 6.08. The number of halogens is 1. The smallest absolute Gasteiger partial charge is 0.285 e. The number of rotatable bonds is 2. The molecule has 0 saturated carbocycles. The molecule has 0 radical (unpaired) electrons. The SMILES string of the molecule is NC1=N[C@](O)(Cl)c2ncn([C@@H]3O[C@H](CO)[C@@H](O)[C@H]3O)c2N1. The summed E-state index contributed by atoms with van der Waals surface area (Å²) in [7, 11) is 0. The van der Waals surface area contributed by atoms with Gasteiger partial charge in [0.15, 0.2) is 17.9 Å². The van der Waals surface area contributed by atoms with Gasteiger partial charge in [-0.3, -0.25) is 4.57 Å². The number of nitrogens with zero attached hydrogens (tertiary/aromatic N) is 3. The molecule has 0 aromatic carbocycles. The van der Waals surface area contributed by atoms with Crippen LogP contribution in [-0.4, -0.2) is 60.9 Å². The summed E-state index contributed by atoms with van der Waals surface area (Å²) in [6.07, 6.45) is -3.28. The van der Waals surface area contributed by atoms with Crippen LogP contribution in [0.1, 0.15) is 11.9 Å². The van der Waals surface area contributed by atoms with E-state index in [0.717, 1.165) is 0 Å². The Kier molecular flexibility index (Phi) is 3.31. The summed E-state index contributed by atoms with van der Waals surface area (Å²) >= 11 is 5.82. The molecule has 0 bridgehead atoms. The standard InChI is InChI=1S/C10H14ClN5O5/c11-10(20)6-7(14-9(12)15-10)16(2-13-6)8-5(19)4(18)3(1-17)21-8/h2-5,8,17-20H,1H2,(H3,12,14,15)/t3-,4-,5-,8-,10-/m1/s1. The Hall–Kier alpha value is -1.43. The van der Waals surface area contributed by atoms with Crippen LogP contribution in [0, 0.1) is 0 Å². The number of alkyl halides is 1. The van der Waals surface area contributed by atoms with Crippen molar-refractivity contribution in [2.24, 2.45) is 10.7 Å². The normalized spacial score (nSPS) is 38.8. The number of guanidine groups is 1. The number of nitrogens with two attached hydrogens (primary N) is 1. The van der Waals surface area contributed by atoms with Crippen LogP contribution < -0.4 is 11.1 Å². The summed E-state index contributed by atoms with van der Waals surface area (Å²) in [6, 6.07) is 0. The zero-order chi connectivity index (χ0) is 15.4. The minimum absolute atomic E-state index is 0.0175. The Bertz CT molecular complexity index is 590. The molecular weight excluding hydrogens is 306 g/mol. The quantitative estimate of drug-likeness (QED) is 0.259. The molecule has 1 aromatic heterocycles. The lowest BCUT2D eigenvalue weighted by Gasteiger charge is -2.25. The number of imidazole rings is 1. The van der Waals surface area contributed by atoms with Crippen LogP contribution in [0.2, 0.25) is 0 Å². The minimum Gasteiger partial charge on any atom is -0.394 e. The average Bonchev–Trinajstić information content (AvgIpc) is 2.93. The van der Waals surface area contributed by atoms with Gasteiger partial charge in [-0.15, -0.1) is 0 Å². The zero-order valence-electron chi connectivity index (χ0n) is 10.6. The van der Waals surface area contributed by atoms with Crippen molar-refractivity contribution in [2.45, 2.75) is 29.7 Å². The van der Waals surface area contributed by atoms with Crippen LogP contribution in [-0.2, 0) is 9.92 Å². The van der Waals surface area contributed by atoms with E-state index in [1.807, 2.05) is 0 Å². The minimum atomic E-state index is -2.13. The van der Waals surface area contributed by atoms with Gasteiger partial charge in [-0.05, 0) is 0 Å². The van der Waals surface area contributed by atoms with E-state index in [9.17, 15) is 15.3 Å². The molecule has 3 rings (SSSR count). The second-order valence-electron chi connectivity index (χ2n) is 4.79. The molecule has 0 amide bonds. The molecule has 1 aromatic rings. The maximum absolute atomic E-state index is 10.0. The molecule has 2 aliphatic heterocycles. The molecule has 1 saturated heterocycles. The first kappa shape index (κ1) is 14.5. The van der Waals surface area contributed by atoms with Crippen LogP contribution in [0.25, 0.3) is 0 Å². The van der Waals surface area contributed by atoms with E-state index >= 15 is 0 Å². The van der Waals surface area contributed by atoms with Gasteiger partial charge in [0.25, 0.3) is 5.18 Å². The first-order chi connectivity index (χ1) is 9.85. The number of aliphatic hydroxyl groups excluding tert-OH is 3. The highest BCUT2D eigenvalue weighted by Crippen LogP contribution is 2.39. The van der Waals surface area contributed by atoms with Gasteiger partial charge in [-0.1, -0.05) is 11.6 Å². The van der Waals surface area contributed by atoms with Gasteiger partial charge < -0.3 is 36.2 Å². The number of anilines is 1. The van der Waals surface area contributed by atoms with E-state index in [1.54, 1.807) is 0 Å². The number of aliphatic imine (C=N–C) groups is 1. The van der Waals surface area contributed by atoms with E-state index in [-0.39, 0.29) is 17.5 Å². The number of hydrogen-bond acceptors (Lipinski definition) is 9. The van der Waals surface area contributed by atoms with Crippen LogP contribution in [0.4, 0.5) is 5.82 Å². The first-order valence-corrected chi connectivity index (χ1v) is 6.46. The second-order valence-corrected chi connectivity index (χ2v) is 5.31. The van der Waals surface area contributed by atoms with Crippen molar-refractivity contribution >= 4 is 23.4 Å². The Morgan fingerprint density at radius 2 is 2.19 bits per heavy atom. The molecule has 21 heavy (non-hydrogen) atoms.